The van der Waals surface area contributed by atoms with Crippen molar-refractivity contribution in [3.05, 3.63) is 63.5 Å². The maximum Gasteiger partial charge on any atom is 0.102 e. The average Bonchev–Trinajstić information content (AvgIpc) is 2.41. The zero-order valence-corrected chi connectivity index (χ0v) is 11.6. The van der Waals surface area contributed by atoms with Crippen LogP contribution in [-0.4, -0.2) is 4.98 Å². The first kappa shape index (κ1) is 12.6. The van der Waals surface area contributed by atoms with Crippen LogP contribution in [0.1, 0.15) is 11.1 Å². The Balaban J connectivity index is 2.59. The van der Waals surface area contributed by atoms with Gasteiger partial charge in [-0.25, -0.2) is 0 Å². The molecule has 0 unspecified atom stereocenters. The number of pyridine rings is 1. The molecule has 18 heavy (non-hydrogen) atoms. The van der Waals surface area contributed by atoms with Crippen molar-refractivity contribution in [2.75, 3.05) is 0 Å². The molecule has 3 nitrogen and oxygen atoms in total. The van der Waals surface area contributed by atoms with Crippen molar-refractivity contribution in [1.82, 2.24) is 4.98 Å². The van der Waals surface area contributed by atoms with Crippen LogP contribution in [0.4, 0.5) is 0 Å². The van der Waals surface area contributed by atoms with Gasteiger partial charge in [0.25, 0.3) is 0 Å². The maximum absolute atomic E-state index is 9.28. The number of nitrogens with two attached hydrogens (primary N) is 1. The average molecular weight is 347 g/mol. The summed E-state index contributed by atoms with van der Waals surface area (Å²) in [5.41, 5.74) is 8.65. The number of hydrogen-bond acceptors (Lipinski definition) is 3. The zero-order chi connectivity index (χ0) is 13.0. The van der Waals surface area contributed by atoms with E-state index in [2.05, 4.69) is 33.6 Å². The molecule has 0 radical (unpaired) electrons. The van der Waals surface area contributed by atoms with Gasteiger partial charge in [-0.2, -0.15) is 5.26 Å². The summed E-state index contributed by atoms with van der Waals surface area (Å²) in [5, 5.41) is 9.28. The predicted octanol–water partition coefficient (Wildman–Crippen LogP) is 3.04. The van der Waals surface area contributed by atoms with E-state index in [9.17, 15) is 5.26 Å². The van der Waals surface area contributed by atoms with E-state index in [1.54, 1.807) is 18.5 Å². The molecule has 1 heterocycles. The summed E-state index contributed by atoms with van der Waals surface area (Å²) < 4.78 is 1.02. The topological polar surface area (TPSA) is 62.7 Å². The van der Waals surface area contributed by atoms with Crippen LogP contribution < -0.4 is 5.73 Å². The number of nitrogens with zero attached hydrogens (tertiary/aromatic N) is 2. The molecule has 0 aliphatic heterocycles. The van der Waals surface area contributed by atoms with Crippen LogP contribution in [0.15, 0.2) is 48.8 Å². The number of nitriles is 1. The Kier molecular flexibility index (Phi) is 3.95. The quantitative estimate of drug-likeness (QED) is 0.671. The van der Waals surface area contributed by atoms with Gasteiger partial charge in [-0.15, -0.1) is 0 Å². The Labute approximate surface area is 119 Å². The molecule has 0 aliphatic rings. The minimum absolute atomic E-state index is 0.451. The number of rotatable bonds is 2. The van der Waals surface area contributed by atoms with Gasteiger partial charge in [0.2, 0.25) is 0 Å². The van der Waals surface area contributed by atoms with Crippen LogP contribution in [0.5, 0.6) is 0 Å². The summed E-state index contributed by atoms with van der Waals surface area (Å²) >= 11 is 2.21. The molecule has 1 aromatic heterocycles. The molecule has 0 saturated heterocycles. The standard InChI is InChI=1S/C14H10IN3/c15-13-6-2-1-5-11(13)14(17)12(8-16)10-4-3-7-18-9-10/h1-7,9H,17H2/b14-12-. The van der Waals surface area contributed by atoms with E-state index in [-0.39, 0.29) is 0 Å². The second-order valence-corrected chi connectivity index (χ2v) is 4.78. The third-order valence-corrected chi connectivity index (χ3v) is 3.44. The molecule has 88 valence electrons. The number of hydrogen-bond donors (Lipinski definition) is 1. The molecule has 2 N–H and O–H groups in total. The SMILES string of the molecule is N#C/C(=C(/N)c1ccccc1I)c1cccnc1. The minimum Gasteiger partial charge on any atom is -0.397 e. The molecular weight excluding hydrogens is 337 g/mol. The van der Waals surface area contributed by atoms with Crippen LogP contribution in [0.3, 0.4) is 0 Å². The highest BCUT2D eigenvalue weighted by Gasteiger charge is 2.10. The van der Waals surface area contributed by atoms with E-state index in [0.717, 1.165) is 14.7 Å². The fourth-order valence-corrected chi connectivity index (χ4v) is 2.28. The lowest BCUT2D eigenvalue weighted by molar-refractivity contribution is 1.31. The van der Waals surface area contributed by atoms with Crippen LogP contribution >= 0.6 is 22.6 Å². The second kappa shape index (κ2) is 5.65. The smallest absolute Gasteiger partial charge is 0.102 e. The summed E-state index contributed by atoms with van der Waals surface area (Å²) in [4.78, 5) is 4.01. The van der Waals surface area contributed by atoms with Gasteiger partial charge < -0.3 is 5.73 Å². The van der Waals surface area contributed by atoms with Crippen LogP contribution in [0.25, 0.3) is 11.3 Å². The first-order valence-corrected chi connectivity index (χ1v) is 6.37. The fourth-order valence-electron chi connectivity index (χ4n) is 1.61. The molecule has 4 heteroatoms. The molecule has 0 spiro atoms. The van der Waals surface area contributed by atoms with Crippen molar-refractivity contribution in [3.63, 3.8) is 0 Å². The Morgan fingerprint density at radius 2 is 2.00 bits per heavy atom. The van der Waals surface area contributed by atoms with Crippen molar-refractivity contribution >= 4 is 33.9 Å². The van der Waals surface area contributed by atoms with Gasteiger partial charge in [0.15, 0.2) is 0 Å². The molecule has 0 saturated carbocycles. The Bertz CT molecular complexity index is 627. The van der Waals surface area contributed by atoms with E-state index >= 15 is 0 Å². The van der Waals surface area contributed by atoms with Crippen LogP contribution in [0, 0.1) is 14.9 Å². The van der Waals surface area contributed by atoms with E-state index in [0.29, 0.717) is 11.3 Å². The maximum atomic E-state index is 9.28. The van der Waals surface area contributed by atoms with Crippen LogP contribution in [-0.2, 0) is 0 Å². The van der Waals surface area contributed by atoms with Crippen molar-refractivity contribution in [2.45, 2.75) is 0 Å². The van der Waals surface area contributed by atoms with Crippen molar-refractivity contribution < 1.29 is 0 Å². The number of allylic oxidation sites excluding steroid dienone is 1. The van der Waals surface area contributed by atoms with Crippen molar-refractivity contribution in [2.24, 2.45) is 5.73 Å². The van der Waals surface area contributed by atoms with E-state index in [1.807, 2.05) is 30.3 Å². The van der Waals surface area contributed by atoms with Gasteiger partial charge in [-0.05, 0) is 34.7 Å². The van der Waals surface area contributed by atoms with Gasteiger partial charge in [-0.3, -0.25) is 4.98 Å². The lowest BCUT2D eigenvalue weighted by Crippen LogP contribution is -2.02. The molecule has 2 aromatic rings. The number of halogens is 1. The largest absolute Gasteiger partial charge is 0.397 e. The second-order valence-electron chi connectivity index (χ2n) is 3.62. The van der Waals surface area contributed by atoms with Gasteiger partial charge in [0, 0.05) is 27.1 Å². The molecule has 1 aromatic carbocycles. The van der Waals surface area contributed by atoms with Gasteiger partial charge in [0.05, 0.1) is 11.3 Å². The third-order valence-electron chi connectivity index (χ3n) is 2.50. The molecular formula is C14H10IN3. The zero-order valence-electron chi connectivity index (χ0n) is 9.47. The first-order chi connectivity index (χ1) is 8.74. The van der Waals surface area contributed by atoms with E-state index < -0.39 is 0 Å². The van der Waals surface area contributed by atoms with Gasteiger partial charge >= 0.3 is 0 Å². The molecule has 0 aliphatic carbocycles. The predicted molar refractivity (Wildman–Crippen MR) is 80.0 cm³/mol. The number of benzene rings is 1. The highest BCUT2D eigenvalue weighted by atomic mass is 127. The summed E-state index contributed by atoms with van der Waals surface area (Å²) in [7, 11) is 0. The van der Waals surface area contributed by atoms with Crippen molar-refractivity contribution in [1.29, 1.82) is 5.26 Å². The minimum atomic E-state index is 0.451. The van der Waals surface area contributed by atoms with E-state index in [1.165, 1.54) is 0 Å². The highest BCUT2D eigenvalue weighted by molar-refractivity contribution is 14.1. The summed E-state index contributed by atoms with van der Waals surface area (Å²) in [6.45, 7) is 0. The monoisotopic (exact) mass is 347 g/mol. The van der Waals surface area contributed by atoms with Crippen LogP contribution in [0.2, 0.25) is 0 Å². The Morgan fingerprint density at radius 3 is 2.61 bits per heavy atom. The Morgan fingerprint density at radius 1 is 1.22 bits per heavy atom. The summed E-state index contributed by atoms with van der Waals surface area (Å²) in [6, 6.07) is 13.5. The van der Waals surface area contributed by atoms with E-state index in [4.69, 9.17) is 5.73 Å². The van der Waals surface area contributed by atoms with Crippen molar-refractivity contribution in [3.8, 4) is 6.07 Å². The Hall–Kier alpha value is -1.87. The molecule has 0 fully saturated rings. The molecule has 0 atom stereocenters. The highest BCUT2D eigenvalue weighted by Crippen LogP contribution is 2.24. The van der Waals surface area contributed by atoms with Gasteiger partial charge in [-0.1, -0.05) is 24.3 Å². The third kappa shape index (κ3) is 2.51. The lowest BCUT2D eigenvalue weighted by Gasteiger charge is -2.07. The molecule has 0 bridgehead atoms. The summed E-state index contributed by atoms with van der Waals surface area (Å²) in [6.07, 6.45) is 3.31. The molecule has 0 amide bonds. The summed E-state index contributed by atoms with van der Waals surface area (Å²) in [5.74, 6) is 0. The normalized spacial score (nSPS) is 11.6. The fraction of sp³-hybridized carbons (Fsp3) is 0. The lowest BCUT2D eigenvalue weighted by atomic mass is 10.0. The first-order valence-electron chi connectivity index (χ1n) is 5.29. The number of aromatic nitrogens is 1. The van der Waals surface area contributed by atoms with Gasteiger partial charge in [0.1, 0.15) is 6.07 Å². The molecule has 2 rings (SSSR count).